The second-order valence-corrected chi connectivity index (χ2v) is 5.38. The molecule has 1 aliphatic rings. The molecule has 0 atom stereocenters. The van der Waals surface area contributed by atoms with Gasteiger partial charge in [0.25, 0.3) is 0 Å². The van der Waals surface area contributed by atoms with Gasteiger partial charge in [-0.15, -0.1) is 0 Å². The van der Waals surface area contributed by atoms with Crippen LogP contribution < -0.4 is 9.47 Å². The van der Waals surface area contributed by atoms with Crippen molar-refractivity contribution in [1.82, 2.24) is 4.57 Å². The third-order valence-electron chi connectivity index (χ3n) is 4.30. The van der Waals surface area contributed by atoms with E-state index in [-0.39, 0.29) is 0 Å². The number of aromatic nitrogens is 1. The molecule has 3 aromatic rings. The molecule has 21 heavy (non-hydrogen) atoms. The van der Waals surface area contributed by atoms with Crippen molar-refractivity contribution < 1.29 is 9.47 Å². The fraction of sp³-hybridized carbons (Fsp3) is 0.222. The van der Waals surface area contributed by atoms with Gasteiger partial charge in [0.05, 0.1) is 19.7 Å². The van der Waals surface area contributed by atoms with Crippen LogP contribution >= 0.6 is 0 Å². The van der Waals surface area contributed by atoms with Crippen LogP contribution in [0.2, 0.25) is 0 Å². The maximum absolute atomic E-state index is 5.35. The molecule has 3 nitrogen and oxygen atoms in total. The van der Waals surface area contributed by atoms with E-state index >= 15 is 0 Å². The Bertz CT molecular complexity index is 833. The van der Waals surface area contributed by atoms with Gasteiger partial charge in [0.1, 0.15) is 11.5 Å². The van der Waals surface area contributed by atoms with Gasteiger partial charge in [-0.2, -0.15) is 0 Å². The van der Waals surface area contributed by atoms with Crippen LogP contribution in [0.1, 0.15) is 5.56 Å². The minimum absolute atomic E-state index is 0.906. The Morgan fingerprint density at radius 3 is 2.48 bits per heavy atom. The molecule has 1 aliphatic heterocycles. The molecule has 0 radical (unpaired) electrons. The highest BCUT2D eigenvalue weighted by atomic mass is 16.5. The Morgan fingerprint density at radius 2 is 1.67 bits per heavy atom. The number of ether oxygens (including phenoxy) is 2. The third kappa shape index (κ3) is 1.81. The fourth-order valence-electron chi connectivity index (χ4n) is 3.21. The molecule has 2 heterocycles. The smallest absolute Gasteiger partial charge is 0.120 e. The lowest BCUT2D eigenvalue weighted by atomic mass is 9.98. The zero-order valence-corrected chi connectivity index (χ0v) is 12.2. The predicted molar refractivity (Wildman–Crippen MR) is 84.2 cm³/mol. The lowest BCUT2D eigenvalue weighted by molar-refractivity contribution is 0.414. The first-order valence-corrected chi connectivity index (χ1v) is 7.15. The standard InChI is InChI=1S/C18H17NO2/c1-20-14-5-6-16-12(9-14)7-8-19-17-11-15(21-2)4-3-13(17)10-18(16)19/h3-6,9-11H,7-8H2,1-2H3. The molecule has 3 heteroatoms. The van der Waals surface area contributed by atoms with Crippen molar-refractivity contribution in [3.05, 3.63) is 48.0 Å². The van der Waals surface area contributed by atoms with Crippen LogP contribution in [0.5, 0.6) is 11.5 Å². The summed E-state index contributed by atoms with van der Waals surface area (Å²) in [6, 6.07) is 14.9. The molecule has 0 saturated carbocycles. The van der Waals surface area contributed by atoms with Crippen LogP contribution in [0.25, 0.3) is 22.2 Å². The normalized spacial score (nSPS) is 12.9. The monoisotopic (exact) mass is 279 g/mol. The topological polar surface area (TPSA) is 23.4 Å². The quantitative estimate of drug-likeness (QED) is 0.710. The number of benzene rings is 2. The third-order valence-corrected chi connectivity index (χ3v) is 4.30. The summed E-state index contributed by atoms with van der Waals surface area (Å²) in [4.78, 5) is 0. The molecule has 0 fully saturated rings. The SMILES string of the molecule is COc1ccc2c(c1)CCn1c-2cc2ccc(OC)cc21. The van der Waals surface area contributed by atoms with Gasteiger partial charge in [-0.1, -0.05) is 0 Å². The van der Waals surface area contributed by atoms with E-state index in [4.69, 9.17) is 9.47 Å². The summed E-state index contributed by atoms with van der Waals surface area (Å²) < 4.78 is 13.1. The lowest BCUT2D eigenvalue weighted by Gasteiger charge is -2.20. The Morgan fingerprint density at radius 1 is 0.905 bits per heavy atom. The van der Waals surface area contributed by atoms with Crippen LogP contribution in [0.3, 0.4) is 0 Å². The van der Waals surface area contributed by atoms with Crippen LogP contribution in [0.15, 0.2) is 42.5 Å². The zero-order chi connectivity index (χ0) is 14.4. The van der Waals surface area contributed by atoms with Gasteiger partial charge in [0.2, 0.25) is 0 Å². The van der Waals surface area contributed by atoms with Crippen molar-refractivity contribution >= 4 is 10.9 Å². The maximum atomic E-state index is 5.35. The van der Waals surface area contributed by atoms with Crippen LogP contribution in [0.4, 0.5) is 0 Å². The molecule has 0 unspecified atom stereocenters. The molecular weight excluding hydrogens is 262 g/mol. The number of hydrogen-bond acceptors (Lipinski definition) is 2. The largest absolute Gasteiger partial charge is 0.497 e. The predicted octanol–water partition coefficient (Wildman–Crippen LogP) is 3.88. The van der Waals surface area contributed by atoms with Crippen LogP contribution in [-0.2, 0) is 13.0 Å². The second-order valence-electron chi connectivity index (χ2n) is 5.38. The molecule has 0 aliphatic carbocycles. The van der Waals surface area contributed by atoms with Crippen molar-refractivity contribution in [3.8, 4) is 22.8 Å². The first-order valence-electron chi connectivity index (χ1n) is 7.15. The van der Waals surface area contributed by atoms with E-state index in [0.29, 0.717) is 0 Å². The maximum Gasteiger partial charge on any atom is 0.120 e. The van der Waals surface area contributed by atoms with E-state index in [1.54, 1.807) is 14.2 Å². The molecule has 0 bridgehead atoms. The van der Waals surface area contributed by atoms with E-state index in [0.717, 1.165) is 24.5 Å². The van der Waals surface area contributed by atoms with Gasteiger partial charge in [-0.05, 0) is 48.4 Å². The Balaban J connectivity index is 1.94. The lowest BCUT2D eigenvalue weighted by Crippen LogP contribution is -2.10. The highest BCUT2D eigenvalue weighted by molar-refractivity contribution is 5.89. The number of hydrogen-bond donors (Lipinski definition) is 0. The Kier molecular flexibility index (Phi) is 2.67. The van der Waals surface area contributed by atoms with Crippen molar-refractivity contribution in [2.45, 2.75) is 13.0 Å². The number of aryl methyl sites for hydroxylation is 2. The molecule has 1 aromatic heterocycles. The molecular formula is C18H17NO2. The summed E-state index contributed by atoms with van der Waals surface area (Å²) in [7, 11) is 3.43. The molecule has 0 saturated heterocycles. The summed E-state index contributed by atoms with van der Waals surface area (Å²) in [5.74, 6) is 1.84. The second kappa shape index (κ2) is 4.55. The number of nitrogens with zero attached hydrogens (tertiary/aromatic N) is 1. The Hall–Kier alpha value is -2.42. The summed E-state index contributed by atoms with van der Waals surface area (Å²) in [5, 5.41) is 1.26. The average molecular weight is 279 g/mol. The molecule has 0 N–H and O–H groups in total. The van der Waals surface area contributed by atoms with Gasteiger partial charge in [-0.25, -0.2) is 0 Å². The van der Waals surface area contributed by atoms with Gasteiger partial charge >= 0.3 is 0 Å². The molecule has 106 valence electrons. The van der Waals surface area contributed by atoms with Gasteiger partial charge in [0.15, 0.2) is 0 Å². The highest BCUT2D eigenvalue weighted by Crippen LogP contribution is 2.37. The summed E-state index contributed by atoms with van der Waals surface area (Å²) in [6.07, 6.45) is 1.03. The molecule has 0 spiro atoms. The zero-order valence-electron chi connectivity index (χ0n) is 12.2. The number of fused-ring (bicyclic) bond motifs is 5. The van der Waals surface area contributed by atoms with E-state index < -0.39 is 0 Å². The van der Waals surface area contributed by atoms with Crippen LogP contribution in [0, 0.1) is 0 Å². The van der Waals surface area contributed by atoms with E-state index in [2.05, 4.69) is 34.9 Å². The van der Waals surface area contributed by atoms with Crippen molar-refractivity contribution in [2.75, 3.05) is 14.2 Å². The first kappa shape index (κ1) is 12.3. The minimum atomic E-state index is 0.906. The highest BCUT2D eigenvalue weighted by Gasteiger charge is 2.19. The van der Waals surface area contributed by atoms with E-state index in [9.17, 15) is 0 Å². The van der Waals surface area contributed by atoms with E-state index in [1.807, 2.05) is 12.1 Å². The number of methoxy groups -OCH3 is 2. The van der Waals surface area contributed by atoms with Crippen molar-refractivity contribution in [3.63, 3.8) is 0 Å². The van der Waals surface area contributed by atoms with E-state index in [1.165, 1.54) is 27.7 Å². The molecule has 2 aromatic carbocycles. The minimum Gasteiger partial charge on any atom is -0.497 e. The van der Waals surface area contributed by atoms with Crippen LogP contribution in [-0.4, -0.2) is 18.8 Å². The van der Waals surface area contributed by atoms with Gasteiger partial charge in [-0.3, -0.25) is 0 Å². The number of rotatable bonds is 2. The molecule has 4 rings (SSSR count). The molecule has 0 amide bonds. The summed E-state index contributed by atoms with van der Waals surface area (Å²) in [5.41, 5.74) is 5.18. The van der Waals surface area contributed by atoms with Gasteiger partial charge in [0, 0.05) is 29.3 Å². The summed E-state index contributed by atoms with van der Waals surface area (Å²) >= 11 is 0. The summed E-state index contributed by atoms with van der Waals surface area (Å²) in [6.45, 7) is 0.992. The average Bonchev–Trinajstić information content (AvgIpc) is 2.92. The Labute approximate surface area is 123 Å². The van der Waals surface area contributed by atoms with Crippen molar-refractivity contribution in [1.29, 1.82) is 0 Å². The van der Waals surface area contributed by atoms with Crippen molar-refractivity contribution in [2.24, 2.45) is 0 Å². The fourth-order valence-corrected chi connectivity index (χ4v) is 3.21. The van der Waals surface area contributed by atoms with Gasteiger partial charge < -0.3 is 14.0 Å². The first-order chi connectivity index (χ1) is 10.3.